The van der Waals surface area contributed by atoms with Crippen molar-refractivity contribution in [3.8, 4) is 22.6 Å². The van der Waals surface area contributed by atoms with E-state index >= 15 is 0 Å². The van der Waals surface area contributed by atoms with Gasteiger partial charge in [0.2, 0.25) is 0 Å². The molecule has 1 aliphatic heterocycles. The Morgan fingerprint density at radius 3 is 2.46 bits per heavy atom. The SMILES string of the molecule is CC(=O)c1c([C@@H]2CC(C)N(C(=O)[C@H](C)O)[C@@H](C)C2)nc2c(-c3ccc(-c4ncc[nH]4)nc3)cnn2c1N. The molecule has 4 aromatic rings. The Labute approximate surface area is 213 Å². The Kier molecular flexibility index (Phi) is 6.24. The Bertz CT molecular complexity index is 1450. The largest absolute Gasteiger partial charge is 0.384 e. The molecule has 4 atom stereocenters. The fourth-order valence-electron chi connectivity index (χ4n) is 5.45. The highest BCUT2D eigenvalue weighted by atomic mass is 16.3. The number of aromatic amines is 1. The fourth-order valence-corrected chi connectivity index (χ4v) is 5.45. The number of likely N-dealkylation sites (tertiary alicyclic amines) is 1. The standard InChI is InChI=1S/C26H30N8O3/c1-13-9-18(10-14(2)33(13)26(37)16(4)36)22-21(15(3)35)23(27)34-25(32-22)19(12-31-34)17-5-6-20(30-11-17)24-28-7-8-29-24/h5-8,11-14,16,18,36H,9-10,27H2,1-4H3,(H,28,29)/t13-,14?,16-,18-/m0/s1. The summed E-state index contributed by atoms with van der Waals surface area (Å²) in [5.41, 5.74) is 10.3. The molecule has 5 heterocycles. The van der Waals surface area contributed by atoms with Gasteiger partial charge in [-0.1, -0.05) is 6.07 Å². The summed E-state index contributed by atoms with van der Waals surface area (Å²) in [7, 11) is 0. The van der Waals surface area contributed by atoms with E-state index in [0.29, 0.717) is 41.3 Å². The normalized spacial score (nSPS) is 20.8. The number of Topliss-reactive ketones (excluding diaryl/α,β-unsaturated/α-hetero) is 1. The minimum Gasteiger partial charge on any atom is -0.384 e. The van der Waals surface area contributed by atoms with Crippen LogP contribution in [0.25, 0.3) is 28.3 Å². The summed E-state index contributed by atoms with van der Waals surface area (Å²) < 4.78 is 1.50. The van der Waals surface area contributed by atoms with E-state index in [0.717, 1.165) is 11.1 Å². The lowest BCUT2D eigenvalue weighted by molar-refractivity contribution is -0.146. The lowest BCUT2D eigenvalue weighted by Crippen LogP contribution is -2.52. The van der Waals surface area contributed by atoms with E-state index in [1.54, 1.807) is 29.7 Å². The maximum absolute atomic E-state index is 12.7. The number of carbonyl (C=O) groups excluding carboxylic acids is 2. The van der Waals surface area contributed by atoms with Gasteiger partial charge in [0, 0.05) is 47.7 Å². The number of ketones is 1. The van der Waals surface area contributed by atoms with E-state index in [9.17, 15) is 14.7 Å². The van der Waals surface area contributed by atoms with Crippen molar-refractivity contribution < 1.29 is 14.7 Å². The van der Waals surface area contributed by atoms with Crippen LogP contribution in [-0.2, 0) is 4.79 Å². The first-order valence-corrected chi connectivity index (χ1v) is 12.3. The fraction of sp³-hybridized carbons (Fsp3) is 0.385. The van der Waals surface area contributed by atoms with Gasteiger partial charge in [-0.3, -0.25) is 14.6 Å². The van der Waals surface area contributed by atoms with Crippen LogP contribution in [0, 0.1) is 0 Å². The van der Waals surface area contributed by atoms with Crippen molar-refractivity contribution in [1.29, 1.82) is 0 Å². The van der Waals surface area contributed by atoms with Crippen LogP contribution in [0.4, 0.5) is 5.82 Å². The third kappa shape index (κ3) is 4.25. The van der Waals surface area contributed by atoms with Crippen LogP contribution in [0.2, 0.25) is 0 Å². The van der Waals surface area contributed by atoms with Gasteiger partial charge < -0.3 is 20.7 Å². The molecule has 0 aliphatic carbocycles. The number of H-pyrrole nitrogens is 1. The van der Waals surface area contributed by atoms with Gasteiger partial charge in [0.25, 0.3) is 5.91 Å². The summed E-state index contributed by atoms with van der Waals surface area (Å²) in [6.07, 6.45) is 6.93. The van der Waals surface area contributed by atoms with Crippen LogP contribution in [0.3, 0.4) is 0 Å². The van der Waals surface area contributed by atoms with Crippen LogP contribution >= 0.6 is 0 Å². The minimum absolute atomic E-state index is 0.101. The van der Waals surface area contributed by atoms with Gasteiger partial charge in [0.1, 0.15) is 17.6 Å². The quantitative estimate of drug-likeness (QED) is 0.352. The van der Waals surface area contributed by atoms with Crippen molar-refractivity contribution in [2.24, 2.45) is 0 Å². The highest BCUT2D eigenvalue weighted by Crippen LogP contribution is 2.39. The lowest BCUT2D eigenvalue weighted by Gasteiger charge is -2.43. The molecule has 11 heteroatoms. The molecule has 0 saturated carbocycles. The first kappa shape index (κ1) is 24.6. The highest BCUT2D eigenvalue weighted by molar-refractivity contribution is 6.00. The summed E-state index contributed by atoms with van der Waals surface area (Å²) >= 11 is 0. The smallest absolute Gasteiger partial charge is 0.251 e. The molecule has 0 radical (unpaired) electrons. The van der Waals surface area contributed by atoms with E-state index in [2.05, 4.69) is 20.1 Å². The molecule has 0 spiro atoms. The Morgan fingerprint density at radius 2 is 1.89 bits per heavy atom. The molecule has 1 aliphatic rings. The Balaban J connectivity index is 1.57. The Morgan fingerprint density at radius 1 is 1.16 bits per heavy atom. The predicted octanol–water partition coefficient (Wildman–Crippen LogP) is 2.83. The van der Waals surface area contributed by atoms with Gasteiger partial charge in [-0.25, -0.2) is 9.97 Å². The number of nitrogen functional groups attached to an aromatic ring is 1. The molecule has 5 rings (SSSR count). The number of nitrogens with one attached hydrogen (secondary N) is 1. The lowest BCUT2D eigenvalue weighted by atomic mass is 9.82. The van der Waals surface area contributed by atoms with Crippen molar-refractivity contribution in [2.75, 3.05) is 5.73 Å². The number of aliphatic hydroxyl groups is 1. The molecule has 4 aromatic heterocycles. The summed E-state index contributed by atoms with van der Waals surface area (Å²) in [6.45, 7) is 6.86. The summed E-state index contributed by atoms with van der Waals surface area (Å²) in [6, 6.07) is 3.50. The monoisotopic (exact) mass is 502 g/mol. The van der Waals surface area contributed by atoms with Gasteiger partial charge in [-0.05, 0) is 46.6 Å². The average molecular weight is 503 g/mol. The zero-order chi connectivity index (χ0) is 26.4. The maximum atomic E-state index is 12.7. The second-order valence-electron chi connectivity index (χ2n) is 9.76. The minimum atomic E-state index is -1.07. The Hall–Kier alpha value is -4.12. The number of hydrogen-bond acceptors (Lipinski definition) is 8. The van der Waals surface area contributed by atoms with Crippen LogP contribution in [0.1, 0.15) is 62.5 Å². The maximum Gasteiger partial charge on any atom is 0.251 e. The first-order chi connectivity index (χ1) is 17.7. The number of nitrogens with zero attached hydrogens (tertiary/aromatic N) is 6. The average Bonchev–Trinajstić information content (AvgIpc) is 3.54. The van der Waals surface area contributed by atoms with Gasteiger partial charge in [-0.15, -0.1) is 0 Å². The summed E-state index contributed by atoms with van der Waals surface area (Å²) in [4.78, 5) is 43.8. The first-order valence-electron chi connectivity index (χ1n) is 12.3. The van der Waals surface area contributed by atoms with Crippen LogP contribution in [0.15, 0.2) is 36.9 Å². The van der Waals surface area contributed by atoms with Gasteiger partial charge in [0.05, 0.1) is 17.5 Å². The molecule has 0 aromatic carbocycles. The third-order valence-electron chi connectivity index (χ3n) is 7.08. The number of imidazole rings is 1. The molecule has 37 heavy (non-hydrogen) atoms. The number of pyridine rings is 1. The molecule has 11 nitrogen and oxygen atoms in total. The molecule has 4 N–H and O–H groups in total. The van der Waals surface area contributed by atoms with Gasteiger partial charge in [-0.2, -0.15) is 9.61 Å². The molecular weight excluding hydrogens is 472 g/mol. The van der Waals surface area contributed by atoms with Crippen molar-refractivity contribution in [3.63, 3.8) is 0 Å². The number of anilines is 1. The molecular formula is C26H30N8O3. The molecule has 1 fully saturated rings. The number of fused-ring (bicyclic) bond motifs is 1. The van der Waals surface area contributed by atoms with E-state index in [1.165, 1.54) is 18.4 Å². The molecule has 192 valence electrons. The van der Waals surface area contributed by atoms with Crippen molar-refractivity contribution in [1.82, 2.24) is 34.4 Å². The number of carbonyl (C=O) groups is 2. The zero-order valence-corrected chi connectivity index (χ0v) is 21.2. The van der Waals surface area contributed by atoms with E-state index in [1.807, 2.05) is 26.0 Å². The van der Waals surface area contributed by atoms with E-state index < -0.39 is 6.10 Å². The molecule has 1 amide bonds. The van der Waals surface area contributed by atoms with Crippen LogP contribution < -0.4 is 5.73 Å². The van der Waals surface area contributed by atoms with Gasteiger partial charge >= 0.3 is 0 Å². The number of piperidine rings is 1. The molecule has 1 unspecified atom stereocenters. The summed E-state index contributed by atoms with van der Waals surface area (Å²) in [5, 5.41) is 14.3. The number of amides is 1. The second-order valence-corrected chi connectivity index (χ2v) is 9.76. The number of rotatable bonds is 5. The van der Waals surface area contributed by atoms with E-state index in [-0.39, 0.29) is 35.5 Å². The molecule has 0 bridgehead atoms. The van der Waals surface area contributed by atoms with Crippen molar-refractivity contribution >= 4 is 23.2 Å². The number of nitrogens with two attached hydrogens (primary N) is 1. The van der Waals surface area contributed by atoms with Crippen molar-refractivity contribution in [2.45, 2.75) is 64.6 Å². The molecule has 1 saturated heterocycles. The zero-order valence-electron chi connectivity index (χ0n) is 21.2. The number of aromatic nitrogens is 6. The highest BCUT2D eigenvalue weighted by Gasteiger charge is 2.38. The number of aliphatic hydroxyl groups excluding tert-OH is 1. The topological polar surface area (TPSA) is 155 Å². The summed E-state index contributed by atoms with van der Waals surface area (Å²) in [5.74, 6) is 0.326. The van der Waals surface area contributed by atoms with Crippen molar-refractivity contribution in [3.05, 3.63) is 48.2 Å². The number of hydrogen-bond donors (Lipinski definition) is 3. The third-order valence-corrected chi connectivity index (χ3v) is 7.08. The van der Waals surface area contributed by atoms with E-state index in [4.69, 9.17) is 10.7 Å². The predicted molar refractivity (Wildman–Crippen MR) is 138 cm³/mol. The van der Waals surface area contributed by atoms with Gasteiger partial charge in [0.15, 0.2) is 17.3 Å². The van der Waals surface area contributed by atoms with Crippen LogP contribution in [-0.4, -0.2) is 69.4 Å². The van der Waals surface area contributed by atoms with Crippen LogP contribution in [0.5, 0.6) is 0 Å². The second kappa shape index (κ2) is 9.40.